The van der Waals surface area contributed by atoms with Crippen molar-refractivity contribution < 1.29 is 14.0 Å². The Morgan fingerprint density at radius 3 is 2.48 bits per heavy atom. The fourth-order valence-corrected chi connectivity index (χ4v) is 4.42. The third kappa shape index (κ3) is 3.56. The lowest BCUT2D eigenvalue weighted by Crippen LogP contribution is -2.51. The van der Waals surface area contributed by atoms with Gasteiger partial charge in [0.15, 0.2) is 0 Å². The smallest absolute Gasteiger partial charge is 0.253 e. The number of nitrogens with one attached hydrogen (secondary N) is 1. The van der Waals surface area contributed by atoms with Crippen LogP contribution in [0.4, 0.5) is 4.39 Å². The second kappa shape index (κ2) is 7.10. The topological polar surface area (TPSA) is 62.3 Å². The molecule has 0 aliphatic carbocycles. The molecule has 0 saturated carbocycles. The number of hydrogen-bond acceptors (Lipinski definition) is 3. The molecule has 2 bridgehead atoms. The van der Waals surface area contributed by atoms with Gasteiger partial charge in [0, 0.05) is 36.8 Å². The van der Waals surface area contributed by atoms with Gasteiger partial charge in [0.25, 0.3) is 5.91 Å². The molecule has 2 unspecified atom stereocenters. The molecule has 2 aromatic rings. The summed E-state index contributed by atoms with van der Waals surface area (Å²) in [5.41, 5.74) is 1.78. The van der Waals surface area contributed by atoms with Crippen LogP contribution in [0, 0.1) is 5.82 Å². The number of hydrogen-bond donors (Lipinski definition) is 1. The van der Waals surface area contributed by atoms with Crippen LogP contribution in [0.2, 0.25) is 0 Å². The van der Waals surface area contributed by atoms with E-state index < -0.39 is 0 Å². The molecular formula is C21H22FN3O2. The molecule has 0 radical (unpaired) electrons. The highest BCUT2D eigenvalue weighted by Crippen LogP contribution is 2.35. The Labute approximate surface area is 157 Å². The van der Waals surface area contributed by atoms with Gasteiger partial charge in [-0.15, -0.1) is 0 Å². The third-order valence-corrected chi connectivity index (χ3v) is 5.58. The van der Waals surface area contributed by atoms with Gasteiger partial charge < -0.3 is 10.2 Å². The number of carbonyl (C=O) groups excluding carboxylic acids is 2. The fourth-order valence-electron chi connectivity index (χ4n) is 4.42. The normalized spacial score (nSPS) is 23.9. The molecular weight excluding hydrogens is 345 g/mol. The number of rotatable bonds is 3. The van der Waals surface area contributed by atoms with Crippen molar-refractivity contribution in [2.75, 3.05) is 0 Å². The summed E-state index contributed by atoms with van der Waals surface area (Å²) in [5, 5.41) is 3.09. The second-order valence-corrected chi connectivity index (χ2v) is 7.40. The highest BCUT2D eigenvalue weighted by molar-refractivity contribution is 5.94. The van der Waals surface area contributed by atoms with Crippen LogP contribution in [0.25, 0.3) is 11.3 Å². The molecule has 140 valence electrons. The minimum absolute atomic E-state index is 0.0773. The molecule has 1 N–H and O–H groups in total. The Morgan fingerprint density at radius 1 is 1.15 bits per heavy atom. The Bertz CT molecular complexity index is 854. The van der Waals surface area contributed by atoms with Crippen LogP contribution in [0.15, 0.2) is 42.6 Å². The van der Waals surface area contributed by atoms with Gasteiger partial charge in [-0.3, -0.25) is 14.6 Å². The Kier molecular flexibility index (Phi) is 4.64. The lowest BCUT2D eigenvalue weighted by molar-refractivity contribution is -0.133. The SMILES string of the molecule is CC(=O)N1C2CCC1CC(NC(=O)c1ccc(-c3cccc(F)c3)nc1)C2. The number of nitrogens with zero attached hydrogens (tertiary/aromatic N) is 2. The van der Waals surface area contributed by atoms with Gasteiger partial charge in [0.05, 0.1) is 11.3 Å². The van der Waals surface area contributed by atoms with Crippen molar-refractivity contribution in [2.24, 2.45) is 0 Å². The number of carbonyl (C=O) groups is 2. The molecule has 27 heavy (non-hydrogen) atoms. The maximum atomic E-state index is 13.4. The number of pyridine rings is 1. The molecule has 1 aromatic carbocycles. The number of benzene rings is 1. The van der Waals surface area contributed by atoms with Crippen molar-refractivity contribution >= 4 is 11.8 Å². The van der Waals surface area contributed by atoms with E-state index in [1.165, 1.54) is 18.3 Å². The second-order valence-electron chi connectivity index (χ2n) is 7.40. The zero-order chi connectivity index (χ0) is 19.0. The van der Waals surface area contributed by atoms with E-state index in [1.807, 2.05) is 4.90 Å². The molecule has 1 aromatic heterocycles. The average Bonchev–Trinajstić information content (AvgIpc) is 2.93. The largest absolute Gasteiger partial charge is 0.349 e. The minimum atomic E-state index is -0.317. The summed E-state index contributed by atoms with van der Waals surface area (Å²) in [6.45, 7) is 1.62. The molecule has 2 amide bonds. The molecule has 2 aliphatic heterocycles. The van der Waals surface area contributed by atoms with Crippen molar-refractivity contribution in [2.45, 2.75) is 50.7 Å². The van der Waals surface area contributed by atoms with E-state index in [2.05, 4.69) is 10.3 Å². The van der Waals surface area contributed by atoms with Gasteiger partial charge in [-0.1, -0.05) is 12.1 Å². The van der Waals surface area contributed by atoms with Gasteiger partial charge in [-0.25, -0.2) is 4.39 Å². The summed E-state index contributed by atoms with van der Waals surface area (Å²) < 4.78 is 13.4. The highest BCUT2D eigenvalue weighted by atomic mass is 19.1. The number of piperidine rings is 1. The first-order valence-electron chi connectivity index (χ1n) is 9.33. The molecule has 2 fully saturated rings. The van der Waals surface area contributed by atoms with E-state index in [4.69, 9.17) is 0 Å². The summed E-state index contributed by atoms with van der Waals surface area (Å²) in [5.74, 6) is -0.346. The molecule has 2 aliphatic rings. The van der Waals surface area contributed by atoms with Crippen LogP contribution < -0.4 is 5.32 Å². The fraction of sp³-hybridized carbons (Fsp3) is 0.381. The average molecular weight is 367 g/mol. The van der Waals surface area contributed by atoms with Crippen LogP contribution in [0.5, 0.6) is 0 Å². The van der Waals surface area contributed by atoms with E-state index in [9.17, 15) is 14.0 Å². The van der Waals surface area contributed by atoms with E-state index in [0.717, 1.165) is 25.7 Å². The molecule has 2 atom stereocenters. The third-order valence-electron chi connectivity index (χ3n) is 5.58. The van der Waals surface area contributed by atoms with Crippen LogP contribution in [0.1, 0.15) is 43.0 Å². The van der Waals surface area contributed by atoms with Crippen LogP contribution in [0.3, 0.4) is 0 Å². The van der Waals surface area contributed by atoms with Crippen LogP contribution in [-0.2, 0) is 4.79 Å². The zero-order valence-electron chi connectivity index (χ0n) is 15.2. The van der Waals surface area contributed by atoms with Crippen molar-refractivity contribution in [3.63, 3.8) is 0 Å². The molecule has 0 spiro atoms. The summed E-state index contributed by atoms with van der Waals surface area (Å²) in [4.78, 5) is 30.6. The van der Waals surface area contributed by atoms with E-state index in [-0.39, 0.29) is 35.8 Å². The zero-order valence-corrected chi connectivity index (χ0v) is 15.2. The maximum Gasteiger partial charge on any atom is 0.253 e. The first kappa shape index (κ1) is 17.6. The highest BCUT2D eigenvalue weighted by Gasteiger charge is 2.42. The van der Waals surface area contributed by atoms with Gasteiger partial charge in [-0.2, -0.15) is 0 Å². The van der Waals surface area contributed by atoms with Crippen LogP contribution in [-0.4, -0.2) is 39.8 Å². The van der Waals surface area contributed by atoms with Crippen molar-refractivity contribution in [1.82, 2.24) is 15.2 Å². The van der Waals surface area contributed by atoms with E-state index in [1.54, 1.807) is 31.2 Å². The monoisotopic (exact) mass is 367 g/mol. The minimum Gasteiger partial charge on any atom is -0.349 e. The lowest BCUT2D eigenvalue weighted by Gasteiger charge is -2.38. The maximum absolute atomic E-state index is 13.4. The molecule has 3 heterocycles. The van der Waals surface area contributed by atoms with Gasteiger partial charge in [0.1, 0.15) is 5.82 Å². The van der Waals surface area contributed by atoms with Crippen molar-refractivity contribution in [3.05, 3.63) is 54.0 Å². The number of aromatic nitrogens is 1. The molecule has 4 rings (SSSR count). The Balaban J connectivity index is 1.41. The van der Waals surface area contributed by atoms with Crippen molar-refractivity contribution in [3.8, 4) is 11.3 Å². The summed E-state index contributed by atoms with van der Waals surface area (Å²) >= 11 is 0. The quantitative estimate of drug-likeness (QED) is 0.906. The predicted molar refractivity (Wildman–Crippen MR) is 99.4 cm³/mol. The van der Waals surface area contributed by atoms with Crippen LogP contribution >= 0.6 is 0 Å². The van der Waals surface area contributed by atoms with Crippen molar-refractivity contribution in [1.29, 1.82) is 0 Å². The van der Waals surface area contributed by atoms with Gasteiger partial charge in [0.2, 0.25) is 5.91 Å². The summed E-state index contributed by atoms with van der Waals surface area (Å²) in [6.07, 6.45) is 5.16. The van der Waals surface area contributed by atoms with E-state index >= 15 is 0 Å². The lowest BCUT2D eigenvalue weighted by atomic mass is 9.97. The summed E-state index contributed by atoms with van der Waals surface area (Å²) in [6, 6.07) is 10.2. The Hall–Kier alpha value is -2.76. The predicted octanol–water partition coefficient (Wildman–Crippen LogP) is 3.16. The standard InChI is InChI=1S/C21H22FN3O2/c1-13(26)25-18-6-7-19(25)11-17(10-18)24-21(27)15-5-8-20(23-12-15)14-3-2-4-16(22)9-14/h2-5,8-9,12,17-19H,6-7,10-11H2,1H3,(H,24,27). The van der Waals surface area contributed by atoms with E-state index in [0.29, 0.717) is 16.8 Å². The molecule has 6 heteroatoms. The summed E-state index contributed by atoms with van der Waals surface area (Å²) in [7, 11) is 0. The number of halogens is 1. The number of fused-ring (bicyclic) bond motifs is 2. The Morgan fingerprint density at radius 2 is 1.89 bits per heavy atom. The first-order valence-corrected chi connectivity index (χ1v) is 9.33. The first-order chi connectivity index (χ1) is 13.0. The number of amides is 2. The molecule has 5 nitrogen and oxygen atoms in total. The van der Waals surface area contributed by atoms with Gasteiger partial charge >= 0.3 is 0 Å². The van der Waals surface area contributed by atoms with Gasteiger partial charge in [-0.05, 0) is 49.9 Å². The molecule has 2 saturated heterocycles.